The van der Waals surface area contributed by atoms with Gasteiger partial charge in [-0.15, -0.1) is 0 Å². The minimum atomic E-state index is -0.703. The summed E-state index contributed by atoms with van der Waals surface area (Å²) < 4.78 is 0. The number of nitrogen functional groups attached to an aromatic ring is 2. The summed E-state index contributed by atoms with van der Waals surface area (Å²) in [5.41, 5.74) is 22.1. The zero-order valence-electron chi connectivity index (χ0n) is 28.6. The molecular weight excluding hydrogens is 653 g/mol. The van der Waals surface area contributed by atoms with Gasteiger partial charge in [-0.05, 0) is 92.7 Å². The fourth-order valence-electron chi connectivity index (χ4n) is 8.10. The first kappa shape index (κ1) is 31.8. The van der Waals surface area contributed by atoms with Crippen molar-refractivity contribution >= 4 is 56.1 Å². The second-order valence-corrected chi connectivity index (χ2v) is 13.4. The van der Waals surface area contributed by atoms with Crippen molar-refractivity contribution in [3.05, 3.63) is 203 Å². The SMILES string of the molecule is Nc1cccc2cccc(NC(=O)c3ccc(C4(c5ccc(C(=O)Nc6cccc7cccc(N)c67)cc5)c5ccccc5-c5ccccc54)cc3)c12. The van der Waals surface area contributed by atoms with Crippen LogP contribution in [0.25, 0.3) is 32.7 Å². The molecule has 0 radical (unpaired) electrons. The summed E-state index contributed by atoms with van der Waals surface area (Å²) in [7, 11) is 0. The topological polar surface area (TPSA) is 110 Å². The summed E-state index contributed by atoms with van der Waals surface area (Å²) in [5.74, 6) is -0.450. The number of anilines is 4. The van der Waals surface area contributed by atoms with Crippen molar-refractivity contribution in [2.45, 2.75) is 5.41 Å². The fourth-order valence-corrected chi connectivity index (χ4v) is 8.10. The minimum Gasteiger partial charge on any atom is -0.398 e. The molecule has 8 aromatic carbocycles. The van der Waals surface area contributed by atoms with Gasteiger partial charge < -0.3 is 22.1 Å². The molecule has 0 aromatic heterocycles. The van der Waals surface area contributed by atoms with Gasteiger partial charge in [-0.1, -0.05) is 121 Å². The lowest BCUT2D eigenvalue weighted by Crippen LogP contribution is -2.29. The van der Waals surface area contributed by atoms with Crippen LogP contribution in [0, 0.1) is 0 Å². The Bertz CT molecular complexity index is 2530. The van der Waals surface area contributed by atoms with E-state index in [-0.39, 0.29) is 11.8 Å². The molecular formula is C47H34N4O2. The van der Waals surface area contributed by atoms with E-state index in [1.54, 1.807) is 0 Å². The van der Waals surface area contributed by atoms with Crippen LogP contribution in [-0.4, -0.2) is 11.8 Å². The summed E-state index contributed by atoms with van der Waals surface area (Å²) in [4.78, 5) is 27.3. The average Bonchev–Trinajstić information content (AvgIpc) is 3.49. The summed E-state index contributed by atoms with van der Waals surface area (Å²) in [5, 5.41) is 9.72. The van der Waals surface area contributed by atoms with E-state index < -0.39 is 5.41 Å². The van der Waals surface area contributed by atoms with E-state index in [4.69, 9.17) is 11.5 Å². The van der Waals surface area contributed by atoms with Gasteiger partial charge >= 0.3 is 0 Å². The van der Waals surface area contributed by atoms with Gasteiger partial charge in [-0.3, -0.25) is 9.59 Å². The molecule has 0 aliphatic heterocycles. The predicted molar refractivity (Wildman–Crippen MR) is 216 cm³/mol. The van der Waals surface area contributed by atoms with Crippen LogP contribution in [0.5, 0.6) is 0 Å². The van der Waals surface area contributed by atoms with Crippen molar-refractivity contribution in [3.8, 4) is 11.1 Å². The van der Waals surface area contributed by atoms with E-state index in [1.165, 1.54) is 0 Å². The number of carbonyl (C=O) groups excluding carboxylic acids is 2. The Labute approximate surface area is 306 Å². The molecule has 0 spiro atoms. The molecule has 0 heterocycles. The molecule has 6 N–H and O–H groups in total. The van der Waals surface area contributed by atoms with Gasteiger partial charge in [0.2, 0.25) is 0 Å². The maximum absolute atomic E-state index is 13.7. The highest BCUT2D eigenvalue weighted by atomic mass is 16.2. The molecule has 1 aliphatic rings. The second kappa shape index (κ2) is 12.5. The number of nitrogens with one attached hydrogen (secondary N) is 2. The first-order chi connectivity index (χ1) is 25.9. The monoisotopic (exact) mass is 686 g/mol. The molecule has 0 atom stereocenters. The van der Waals surface area contributed by atoms with Crippen LogP contribution in [0.2, 0.25) is 0 Å². The van der Waals surface area contributed by atoms with Gasteiger partial charge in [-0.25, -0.2) is 0 Å². The Kier molecular flexibility index (Phi) is 7.52. The van der Waals surface area contributed by atoms with Crippen LogP contribution in [0.4, 0.5) is 22.7 Å². The third kappa shape index (κ3) is 5.11. The molecule has 0 fully saturated rings. The van der Waals surface area contributed by atoms with Crippen LogP contribution >= 0.6 is 0 Å². The van der Waals surface area contributed by atoms with Gasteiger partial charge in [0.15, 0.2) is 0 Å². The van der Waals surface area contributed by atoms with Crippen LogP contribution in [0.15, 0.2) is 170 Å². The number of hydrogen-bond donors (Lipinski definition) is 4. The second-order valence-electron chi connectivity index (χ2n) is 13.4. The molecule has 0 saturated heterocycles. The zero-order chi connectivity index (χ0) is 36.1. The van der Waals surface area contributed by atoms with E-state index in [0.717, 1.165) is 54.9 Å². The van der Waals surface area contributed by atoms with E-state index in [0.29, 0.717) is 33.9 Å². The third-order valence-corrected chi connectivity index (χ3v) is 10.5. The minimum absolute atomic E-state index is 0.225. The highest BCUT2D eigenvalue weighted by Gasteiger charge is 2.46. The standard InChI is InChI=1S/C47H34N4O2/c48-39-17-5-9-29-11-7-19-41(43(29)39)50-45(52)31-21-25-33(26-22-31)47(37-15-3-1-13-35(37)36-14-2-4-16-38(36)47)34-27-23-32(24-28-34)46(53)51-42-20-8-12-30-10-6-18-40(49)44(30)42/h1-28H,48-49H2,(H,50,52)(H,51,53). The van der Waals surface area contributed by atoms with Crippen molar-refractivity contribution in [2.24, 2.45) is 0 Å². The Hall–Kier alpha value is -7.18. The van der Waals surface area contributed by atoms with Gasteiger partial charge in [-0.2, -0.15) is 0 Å². The molecule has 0 saturated carbocycles. The highest BCUT2D eigenvalue weighted by molar-refractivity contribution is 6.13. The molecule has 0 unspecified atom stereocenters. The van der Waals surface area contributed by atoms with Crippen molar-refractivity contribution in [3.63, 3.8) is 0 Å². The lowest BCUT2D eigenvalue weighted by Gasteiger charge is -2.34. The number of nitrogens with two attached hydrogens (primary N) is 2. The van der Waals surface area contributed by atoms with Gasteiger partial charge in [0.25, 0.3) is 11.8 Å². The van der Waals surface area contributed by atoms with Gasteiger partial charge in [0, 0.05) is 33.3 Å². The number of rotatable bonds is 6. The molecule has 8 aromatic rings. The number of hydrogen-bond acceptors (Lipinski definition) is 4. The summed E-state index contributed by atoms with van der Waals surface area (Å²) >= 11 is 0. The van der Waals surface area contributed by atoms with E-state index in [2.05, 4.69) is 59.2 Å². The van der Waals surface area contributed by atoms with Crippen LogP contribution in [-0.2, 0) is 5.41 Å². The fraction of sp³-hybridized carbons (Fsp3) is 0.0213. The van der Waals surface area contributed by atoms with Crippen LogP contribution in [0.1, 0.15) is 43.0 Å². The molecule has 254 valence electrons. The van der Waals surface area contributed by atoms with Gasteiger partial charge in [0.05, 0.1) is 16.8 Å². The van der Waals surface area contributed by atoms with E-state index in [1.807, 2.05) is 121 Å². The third-order valence-electron chi connectivity index (χ3n) is 10.5. The van der Waals surface area contributed by atoms with Crippen molar-refractivity contribution in [2.75, 3.05) is 22.1 Å². The van der Waals surface area contributed by atoms with E-state index >= 15 is 0 Å². The quantitative estimate of drug-likeness (QED) is 0.131. The largest absolute Gasteiger partial charge is 0.398 e. The average molecular weight is 687 g/mol. The summed E-state index contributed by atoms with van der Waals surface area (Å²) in [6, 6.07) is 55.5. The summed E-state index contributed by atoms with van der Waals surface area (Å²) in [6.07, 6.45) is 0. The Morgan fingerprint density at radius 1 is 0.415 bits per heavy atom. The predicted octanol–water partition coefficient (Wildman–Crippen LogP) is 10.0. The normalized spacial score (nSPS) is 12.6. The lowest BCUT2D eigenvalue weighted by atomic mass is 9.67. The lowest BCUT2D eigenvalue weighted by molar-refractivity contribution is 0.101. The molecule has 6 heteroatoms. The Morgan fingerprint density at radius 3 is 1.21 bits per heavy atom. The molecule has 0 bridgehead atoms. The van der Waals surface area contributed by atoms with Crippen LogP contribution in [0.3, 0.4) is 0 Å². The van der Waals surface area contributed by atoms with Crippen molar-refractivity contribution in [1.82, 2.24) is 0 Å². The maximum Gasteiger partial charge on any atom is 0.255 e. The molecule has 53 heavy (non-hydrogen) atoms. The van der Waals surface area contributed by atoms with Crippen molar-refractivity contribution < 1.29 is 9.59 Å². The van der Waals surface area contributed by atoms with E-state index in [9.17, 15) is 9.59 Å². The van der Waals surface area contributed by atoms with Gasteiger partial charge in [0.1, 0.15) is 0 Å². The Balaban J connectivity index is 1.10. The highest BCUT2D eigenvalue weighted by Crippen LogP contribution is 2.56. The molecule has 9 rings (SSSR count). The number of carbonyl (C=O) groups is 2. The smallest absolute Gasteiger partial charge is 0.255 e. The molecule has 2 amide bonds. The molecule has 6 nitrogen and oxygen atoms in total. The number of fused-ring (bicyclic) bond motifs is 5. The first-order valence-electron chi connectivity index (χ1n) is 17.5. The first-order valence-corrected chi connectivity index (χ1v) is 17.5. The van der Waals surface area contributed by atoms with Crippen molar-refractivity contribution in [1.29, 1.82) is 0 Å². The zero-order valence-corrected chi connectivity index (χ0v) is 28.6. The summed E-state index contributed by atoms with van der Waals surface area (Å²) in [6.45, 7) is 0. The Morgan fingerprint density at radius 2 is 0.792 bits per heavy atom. The molecule has 1 aliphatic carbocycles. The number of amides is 2. The maximum atomic E-state index is 13.7. The number of benzene rings is 8. The van der Waals surface area contributed by atoms with Crippen LogP contribution < -0.4 is 22.1 Å².